The number of aryl methyl sites for hydroxylation is 1. The lowest BCUT2D eigenvalue weighted by Gasteiger charge is -2.18. The predicted molar refractivity (Wildman–Crippen MR) is 87.0 cm³/mol. The van der Waals surface area contributed by atoms with Crippen molar-refractivity contribution in [2.75, 3.05) is 19.7 Å². The second-order valence-electron chi connectivity index (χ2n) is 4.79. The minimum absolute atomic E-state index is 0.0811. The van der Waals surface area contributed by atoms with Gasteiger partial charge in [-0.1, -0.05) is 23.2 Å². The topological polar surface area (TPSA) is 58.4 Å². The Bertz CT molecular complexity index is 685. The van der Waals surface area contributed by atoms with Gasteiger partial charge in [0.1, 0.15) is 0 Å². The molecular weight excluding hydrogens is 325 g/mol. The van der Waals surface area contributed by atoms with Crippen LogP contribution < -0.4 is 0 Å². The summed E-state index contributed by atoms with van der Waals surface area (Å²) in [5.74, 6) is -0.219. The Morgan fingerprint density at radius 1 is 1.36 bits per heavy atom. The molecule has 2 rings (SSSR count). The van der Waals surface area contributed by atoms with Crippen molar-refractivity contribution in [2.24, 2.45) is 0 Å². The first kappa shape index (κ1) is 16.8. The summed E-state index contributed by atoms with van der Waals surface area (Å²) in [7, 11) is 0. The van der Waals surface area contributed by atoms with Gasteiger partial charge in [-0.25, -0.2) is 4.68 Å². The molecule has 0 unspecified atom stereocenters. The molecule has 0 bridgehead atoms. The number of carbonyl (C=O) groups is 1. The summed E-state index contributed by atoms with van der Waals surface area (Å²) >= 11 is 12.1. The number of aliphatic hydroxyl groups is 1. The standard InChI is InChI=1S/C15H17Cl2N3O2/c1-3-19(6-7-21)15(22)13-8-10(2)20(18-13)14-5-4-11(16)9-12(14)17/h4-5,8-9,21H,3,6-7H2,1-2H3. The van der Waals surface area contributed by atoms with E-state index in [2.05, 4.69) is 5.10 Å². The third-order valence-corrected chi connectivity index (χ3v) is 3.82. The van der Waals surface area contributed by atoms with Gasteiger partial charge in [0.2, 0.25) is 0 Å². The molecule has 0 saturated carbocycles. The van der Waals surface area contributed by atoms with Gasteiger partial charge in [0, 0.05) is 23.8 Å². The summed E-state index contributed by atoms with van der Waals surface area (Å²) < 4.78 is 1.61. The Morgan fingerprint density at radius 2 is 2.09 bits per heavy atom. The largest absolute Gasteiger partial charge is 0.395 e. The number of likely N-dealkylation sites (N-methyl/N-ethyl adjacent to an activating group) is 1. The Labute approximate surface area is 139 Å². The van der Waals surface area contributed by atoms with E-state index in [0.717, 1.165) is 5.69 Å². The SMILES string of the molecule is CCN(CCO)C(=O)c1cc(C)n(-c2ccc(Cl)cc2Cl)n1. The van der Waals surface area contributed by atoms with Crippen LogP contribution in [0.4, 0.5) is 0 Å². The highest BCUT2D eigenvalue weighted by atomic mass is 35.5. The molecule has 2 aromatic rings. The Kier molecular flexibility index (Phi) is 5.45. The number of nitrogens with zero attached hydrogens (tertiary/aromatic N) is 3. The zero-order valence-corrected chi connectivity index (χ0v) is 13.9. The summed E-state index contributed by atoms with van der Waals surface area (Å²) in [5, 5.41) is 14.3. The van der Waals surface area contributed by atoms with Crippen molar-refractivity contribution >= 4 is 29.1 Å². The molecule has 5 nitrogen and oxygen atoms in total. The van der Waals surface area contributed by atoms with Crippen molar-refractivity contribution in [3.8, 4) is 5.69 Å². The van der Waals surface area contributed by atoms with Crippen LogP contribution >= 0.6 is 23.2 Å². The number of amides is 1. The molecule has 0 aliphatic rings. The Balaban J connectivity index is 2.37. The van der Waals surface area contributed by atoms with Crippen molar-refractivity contribution < 1.29 is 9.90 Å². The molecule has 1 aromatic heterocycles. The third kappa shape index (κ3) is 3.43. The van der Waals surface area contributed by atoms with Crippen LogP contribution in [0.1, 0.15) is 23.1 Å². The van der Waals surface area contributed by atoms with Gasteiger partial charge in [0.25, 0.3) is 5.91 Å². The molecule has 1 amide bonds. The summed E-state index contributed by atoms with van der Waals surface area (Å²) in [5.41, 5.74) is 1.76. The maximum absolute atomic E-state index is 12.4. The maximum atomic E-state index is 12.4. The number of hydrogen-bond acceptors (Lipinski definition) is 3. The predicted octanol–water partition coefficient (Wildman–Crippen LogP) is 2.94. The average Bonchev–Trinajstić information content (AvgIpc) is 2.86. The first-order valence-corrected chi connectivity index (χ1v) is 7.65. The van der Waals surface area contributed by atoms with E-state index in [1.807, 2.05) is 13.8 Å². The Hall–Kier alpha value is -1.56. The molecule has 0 fully saturated rings. The second-order valence-corrected chi connectivity index (χ2v) is 5.63. The van der Waals surface area contributed by atoms with Crippen LogP contribution in [-0.4, -0.2) is 45.4 Å². The molecule has 1 N–H and O–H groups in total. The molecule has 0 aliphatic heterocycles. The van der Waals surface area contributed by atoms with Crippen molar-refractivity contribution in [1.82, 2.24) is 14.7 Å². The van der Waals surface area contributed by atoms with Crippen molar-refractivity contribution in [1.29, 1.82) is 0 Å². The van der Waals surface area contributed by atoms with Crippen molar-refractivity contribution in [3.63, 3.8) is 0 Å². The van der Waals surface area contributed by atoms with Gasteiger partial charge in [0.15, 0.2) is 5.69 Å². The minimum atomic E-state index is -0.219. The normalized spacial score (nSPS) is 10.8. The molecule has 0 atom stereocenters. The van der Waals surface area contributed by atoms with Gasteiger partial charge >= 0.3 is 0 Å². The van der Waals surface area contributed by atoms with Crippen LogP contribution in [0.25, 0.3) is 5.69 Å². The summed E-state index contributed by atoms with van der Waals surface area (Å²) in [6.45, 7) is 4.41. The van der Waals surface area contributed by atoms with Crippen molar-refractivity contribution in [3.05, 3.63) is 45.7 Å². The number of carbonyl (C=O) groups excluding carboxylic acids is 1. The number of benzene rings is 1. The number of halogens is 2. The van der Waals surface area contributed by atoms with E-state index in [1.54, 1.807) is 28.9 Å². The van der Waals surface area contributed by atoms with Gasteiger partial charge < -0.3 is 10.0 Å². The number of aliphatic hydroxyl groups excluding tert-OH is 1. The fourth-order valence-corrected chi connectivity index (χ4v) is 2.65. The first-order chi connectivity index (χ1) is 10.5. The average molecular weight is 342 g/mol. The fourth-order valence-electron chi connectivity index (χ4n) is 2.16. The zero-order valence-electron chi connectivity index (χ0n) is 12.4. The molecule has 0 radical (unpaired) electrons. The smallest absolute Gasteiger partial charge is 0.274 e. The molecule has 1 aromatic carbocycles. The molecule has 0 saturated heterocycles. The first-order valence-electron chi connectivity index (χ1n) is 6.90. The van der Waals surface area contributed by atoms with Gasteiger partial charge in [-0.2, -0.15) is 5.10 Å². The molecular formula is C15H17Cl2N3O2. The number of hydrogen-bond donors (Lipinski definition) is 1. The minimum Gasteiger partial charge on any atom is -0.395 e. The second kappa shape index (κ2) is 7.13. The lowest BCUT2D eigenvalue weighted by atomic mass is 10.3. The monoisotopic (exact) mass is 341 g/mol. The van der Waals surface area contributed by atoms with Crippen LogP contribution in [0.3, 0.4) is 0 Å². The number of rotatable bonds is 5. The van der Waals surface area contributed by atoms with Crippen LogP contribution in [-0.2, 0) is 0 Å². The summed E-state index contributed by atoms with van der Waals surface area (Å²) in [6.07, 6.45) is 0. The van der Waals surface area contributed by atoms with Gasteiger partial charge in [-0.05, 0) is 38.1 Å². The summed E-state index contributed by atoms with van der Waals surface area (Å²) in [6, 6.07) is 6.80. The van der Waals surface area contributed by atoms with Crippen LogP contribution in [0.5, 0.6) is 0 Å². The zero-order chi connectivity index (χ0) is 16.3. The fraction of sp³-hybridized carbons (Fsp3) is 0.333. The van der Waals surface area contributed by atoms with Gasteiger partial charge in [0.05, 0.1) is 17.3 Å². The highest BCUT2D eigenvalue weighted by Crippen LogP contribution is 2.25. The quantitative estimate of drug-likeness (QED) is 0.909. The van der Waals surface area contributed by atoms with Crippen LogP contribution in [0.2, 0.25) is 10.0 Å². The lowest BCUT2D eigenvalue weighted by Crippen LogP contribution is -2.33. The van der Waals surface area contributed by atoms with E-state index in [4.69, 9.17) is 28.3 Å². The van der Waals surface area contributed by atoms with E-state index in [-0.39, 0.29) is 19.1 Å². The highest BCUT2D eigenvalue weighted by Gasteiger charge is 2.19. The number of aromatic nitrogens is 2. The van der Waals surface area contributed by atoms with E-state index in [0.29, 0.717) is 28.0 Å². The van der Waals surface area contributed by atoms with E-state index < -0.39 is 0 Å². The van der Waals surface area contributed by atoms with Crippen molar-refractivity contribution in [2.45, 2.75) is 13.8 Å². The lowest BCUT2D eigenvalue weighted by molar-refractivity contribution is 0.0725. The molecule has 0 spiro atoms. The molecule has 118 valence electrons. The molecule has 0 aliphatic carbocycles. The van der Waals surface area contributed by atoms with Gasteiger partial charge in [-0.15, -0.1) is 0 Å². The molecule has 22 heavy (non-hydrogen) atoms. The molecule has 1 heterocycles. The van der Waals surface area contributed by atoms with E-state index >= 15 is 0 Å². The molecule has 7 heteroatoms. The summed E-state index contributed by atoms with van der Waals surface area (Å²) in [4.78, 5) is 13.9. The van der Waals surface area contributed by atoms with E-state index in [9.17, 15) is 4.79 Å². The van der Waals surface area contributed by atoms with Crippen LogP contribution in [0.15, 0.2) is 24.3 Å². The maximum Gasteiger partial charge on any atom is 0.274 e. The van der Waals surface area contributed by atoms with Crippen LogP contribution in [0, 0.1) is 6.92 Å². The highest BCUT2D eigenvalue weighted by molar-refractivity contribution is 6.35. The van der Waals surface area contributed by atoms with Gasteiger partial charge in [-0.3, -0.25) is 4.79 Å². The Morgan fingerprint density at radius 3 is 2.68 bits per heavy atom. The third-order valence-electron chi connectivity index (χ3n) is 3.28. The van der Waals surface area contributed by atoms with E-state index in [1.165, 1.54) is 4.90 Å².